The number of hydrogen-bond donors (Lipinski definition) is 1. The molecule has 21 heavy (non-hydrogen) atoms. The largest absolute Gasteiger partial charge is 0.447 e. The average Bonchev–Trinajstić information content (AvgIpc) is 2.91. The molecular weight excluding hydrogens is 260 g/mol. The van der Waals surface area contributed by atoms with Gasteiger partial charge in [-0.3, -0.25) is 0 Å². The van der Waals surface area contributed by atoms with Gasteiger partial charge in [-0.1, -0.05) is 58.9 Å². The number of nitrogens with one attached hydrogen (secondary N) is 1. The van der Waals surface area contributed by atoms with Gasteiger partial charge in [-0.05, 0) is 16.5 Å². The molecule has 2 aromatic rings. The normalized spacial score (nSPS) is 12.6. The third-order valence-corrected chi connectivity index (χ3v) is 3.88. The van der Waals surface area contributed by atoms with Crippen molar-refractivity contribution < 1.29 is 4.42 Å². The van der Waals surface area contributed by atoms with Gasteiger partial charge < -0.3 is 9.73 Å². The van der Waals surface area contributed by atoms with E-state index in [2.05, 4.69) is 69.2 Å². The molecule has 0 saturated carbocycles. The second-order valence-electron chi connectivity index (χ2n) is 7.28. The lowest BCUT2D eigenvalue weighted by Gasteiger charge is -2.27. The highest BCUT2D eigenvalue weighted by molar-refractivity contribution is 5.31. The molecule has 1 aromatic heterocycles. The monoisotopic (exact) mass is 286 g/mol. The highest BCUT2D eigenvalue weighted by atomic mass is 16.3. The topological polar surface area (TPSA) is 38.1 Å². The molecule has 0 aliphatic rings. The summed E-state index contributed by atoms with van der Waals surface area (Å²) in [6.45, 7) is 12.8. The van der Waals surface area contributed by atoms with Crippen molar-refractivity contribution in [3.63, 3.8) is 0 Å². The Balaban J connectivity index is 1.98. The predicted octanol–water partition coefficient (Wildman–Crippen LogP) is 4.04. The second-order valence-corrected chi connectivity index (χ2v) is 7.28. The molecule has 0 spiro atoms. The van der Waals surface area contributed by atoms with Gasteiger partial charge in [0.25, 0.3) is 0 Å². The summed E-state index contributed by atoms with van der Waals surface area (Å²) in [5.74, 6) is 0.869. The van der Waals surface area contributed by atoms with Crippen molar-refractivity contribution in [1.82, 2.24) is 10.3 Å². The number of aromatic nitrogens is 1. The van der Waals surface area contributed by atoms with E-state index in [1.807, 2.05) is 0 Å². The molecule has 114 valence electrons. The first-order valence-corrected chi connectivity index (χ1v) is 7.48. The van der Waals surface area contributed by atoms with Gasteiger partial charge >= 0.3 is 0 Å². The minimum atomic E-state index is 0.0798. The molecule has 0 fully saturated rings. The zero-order valence-electron chi connectivity index (χ0n) is 13.7. The quantitative estimate of drug-likeness (QED) is 0.901. The standard InChI is InChI=1S/C18H26N2O/c1-17(2,3)14-6-8-15(9-7-14)18(4,5)12-19-10-16-11-20-13-21-16/h6-9,11,13,19H,10,12H2,1-5H3. The van der Waals surface area contributed by atoms with Crippen LogP contribution in [0.4, 0.5) is 0 Å². The fraction of sp³-hybridized carbons (Fsp3) is 0.500. The lowest BCUT2D eigenvalue weighted by atomic mass is 9.81. The fourth-order valence-corrected chi connectivity index (χ4v) is 2.35. The predicted molar refractivity (Wildman–Crippen MR) is 86.4 cm³/mol. The Morgan fingerprint density at radius 1 is 1.00 bits per heavy atom. The molecule has 0 saturated heterocycles. The Bertz CT molecular complexity index is 548. The maximum atomic E-state index is 5.23. The van der Waals surface area contributed by atoms with E-state index in [1.165, 1.54) is 17.5 Å². The van der Waals surface area contributed by atoms with Gasteiger partial charge in [-0.2, -0.15) is 0 Å². The summed E-state index contributed by atoms with van der Waals surface area (Å²) in [4.78, 5) is 3.92. The lowest BCUT2D eigenvalue weighted by molar-refractivity contribution is 0.431. The zero-order chi connectivity index (χ0) is 15.5. The van der Waals surface area contributed by atoms with E-state index >= 15 is 0 Å². The molecule has 1 N–H and O–H groups in total. The SMILES string of the molecule is CC(C)(C)c1ccc(C(C)(C)CNCc2cnco2)cc1. The molecular formula is C18H26N2O. The summed E-state index contributed by atoms with van der Waals surface area (Å²) in [6, 6.07) is 8.98. The van der Waals surface area contributed by atoms with E-state index < -0.39 is 0 Å². The number of benzene rings is 1. The molecule has 1 aromatic carbocycles. The average molecular weight is 286 g/mol. The Kier molecular flexibility index (Phi) is 4.52. The van der Waals surface area contributed by atoms with Crippen LogP contribution >= 0.6 is 0 Å². The minimum Gasteiger partial charge on any atom is -0.447 e. The summed E-state index contributed by atoms with van der Waals surface area (Å²) in [7, 11) is 0. The first kappa shape index (κ1) is 15.8. The van der Waals surface area contributed by atoms with E-state index in [0.29, 0.717) is 6.54 Å². The second kappa shape index (κ2) is 6.02. The van der Waals surface area contributed by atoms with Crippen molar-refractivity contribution in [2.24, 2.45) is 0 Å². The van der Waals surface area contributed by atoms with Crippen molar-refractivity contribution in [2.75, 3.05) is 6.54 Å². The van der Waals surface area contributed by atoms with Crippen LogP contribution in [0.25, 0.3) is 0 Å². The lowest BCUT2D eigenvalue weighted by Crippen LogP contribution is -2.32. The van der Waals surface area contributed by atoms with Gasteiger partial charge in [0, 0.05) is 12.0 Å². The van der Waals surface area contributed by atoms with E-state index in [-0.39, 0.29) is 10.8 Å². The molecule has 0 aliphatic heterocycles. The zero-order valence-corrected chi connectivity index (χ0v) is 13.7. The summed E-state index contributed by atoms with van der Waals surface area (Å²) in [6.07, 6.45) is 3.21. The number of nitrogens with zero attached hydrogens (tertiary/aromatic N) is 1. The number of oxazole rings is 1. The van der Waals surface area contributed by atoms with Gasteiger partial charge in [0.05, 0.1) is 12.7 Å². The molecule has 2 rings (SSSR count). The van der Waals surface area contributed by atoms with Crippen molar-refractivity contribution >= 4 is 0 Å². The Hall–Kier alpha value is -1.61. The molecule has 0 atom stereocenters. The molecule has 1 heterocycles. The summed E-state index contributed by atoms with van der Waals surface area (Å²) in [5, 5.41) is 3.44. The van der Waals surface area contributed by atoms with E-state index in [1.54, 1.807) is 6.20 Å². The number of hydrogen-bond acceptors (Lipinski definition) is 3. The van der Waals surface area contributed by atoms with Gasteiger partial charge in [-0.15, -0.1) is 0 Å². The maximum absolute atomic E-state index is 5.23. The smallest absolute Gasteiger partial charge is 0.180 e. The first-order valence-electron chi connectivity index (χ1n) is 7.48. The summed E-state index contributed by atoms with van der Waals surface area (Å²) in [5.41, 5.74) is 3.00. The molecule has 0 amide bonds. The van der Waals surface area contributed by atoms with Crippen molar-refractivity contribution in [3.8, 4) is 0 Å². The van der Waals surface area contributed by atoms with Crippen LogP contribution in [-0.2, 0) is 17.4 Å². The Morgan fingerprint density at radius 2 is 1.62 bits per heavy atom. The van der Waals surface area contributed by atoms with Crippen LogP contribution in [0.2, 0.25) is 0 Å². The molecule has 0 aliphatic carbocycles. The highest BCUT2D eigenvalue weighted by Crippen LogP contribution is 2.27. The van der Waals surface area contributed by atoms with Crippen LogP contribution in [0.5, 0.6) is 0 Å². The van der Waals surface area contributed by atoms with Crippen LogP contribution in [0.15, 0.2) is 41.3 Å². The third kappa shape index (κ3) is 4.18. The van der Waals surface area contributed by atoms with Crippen LogP contribution in [0, 0.1) is 0 Å². The van der Waals surface area contributed by atoms with Crippen molar-refractivity contribution in [1.29, 1.82) is 0 Å². The van der Waals surface area contributed by atoms with Gasteiger partial charge in [-0.25, -0.2) is 4.98 Å². The van der Waals surface area contributed by atoms with Gasteiger partial charge in [0.15, 0.2) is 6.39 Å². The molecule has 0 bridgehead atoms. The minimum absolute atomic E-state index is 0.0798. The molecule has 0 unspecified atom stereocenters. The third-order valence-electron chi connectivity index (χ3n) is 3.88. The maximum Gasteiger partial charge on any atom is 0.180 e. The highest BCUT2D eigenvalue weighted by Gasteiger charge is 2.21. The number of rotatable bonds is 5. The van der Waals surface area contributed by atoms with Crippen LogP contribution < -0.4 is 5.32 Å². The van der Waals surface area contributed by atoms with Crippen molar-refractivity contribution in [3.05, 3.63) is 53.7 Å². The molecule has 0 radical (unpaired) electrons. The van der Waals surface area contributed by atoms with E-state index in [0.717, 1.165) is 12.3 Å². The summed E-state index contributed by atoms with van der Waals surface area (Å²) >= 11 is 0. The van der Waals surface area contributed by atoms with Crippen LogP contribution in [-0.4, -0.2) is 11.5 Å². The Morgan fingerprint density at radius 3 is 2.14 bits per heavy atom. The van der Waals surface area contributed by atoms with E-state index in [9.17, 15) is 0 Å². The van der Waals surface area contributed by atoms with Gasteiger partial charge in [0.1, 0.15) is 5.76 Å². The summed E-state index contributed by atoms with van der Waals surface area (Å²) < 4.78 is 5.23. The van der Waals surface area contributed by atoms with Crippen LogP contribution in [0.1, 0.15) is 51.5 Å². The van der Waals surface area contributed by atoms with E-state index in [4.69, 9.17) is 4.42 Å². The fourth-order valence-electron chi connectivity index (χ4n) is 2.35. The first-order chi connectivity index (χ1) is 9.79. The molecule has 3 heteroatoms. The Labute approximate surface area is 127 Å². The van der Waals surface area contributed by atoms with Crippen molar-refractivity contribution in [2.45, 2.75) is 52.0 Å². The molecule has 3 nitrogen and oxygen atoms in total. The van der Waals surface area contributed by atoms with Crippen LogP contribution in [0.3, 0.4) is 0 Å². The van der Waals surface area contributed by atoms with Gasteiger partial charge in [0.2, 0.25) is 0 Å².